The second-order valence-corrected chi connectivity index (χ2v) is 10.1. The van der Waals surface area contributed by atoms with Crippen molar-refractivity contribution in [2.75, 3.05) is 19.4 Å². The van der Waals surface area contributed by atoms with Gasteiger partial charge in [0.2, 0.25) is 5.78 Å². The number of aromatic hydroxyl groups is 1. The van der Waals surface area contributed by atoms with Gasteiger partial charge < -0.3 is 31.5 Å². The summed E-state index contributed by atoms with van der Waals surface area (Å²) in [6.45, 7) is 3.60. The van der Waals surface area contributed by atoms with Crippen LogP contribution in [0.15, 0.2) is 22.7 Å². The molecule has 0 aromatic carbocycles. The van der Waals surface area contributed by atoms with Gasteiger partial charge in [0.1, 0.15) is 22.2 Å². The number of amides is 1. The molecule has 0 saturated heterocycles. The van der Waals surface area contributed by atoms with E-state index in [9.17, 15) is 34.8 Å². The van der Waals surface area contributed by atoms with Gasteiger partial charge in [0.15, 0.2) is 23.0 Å². The molecule has 1 heterocycles. The number of nitrogens with zero attached hydrogens (tertiary/aromatic N) is 2. The lowest BCUT2D eigenvalue weighted by Gasteiger charge is -2.50. The summed E-state index contributed by atoms with van der Waals surface area (Å²) in [4.78, 5) is 44.5. The molecule has 3 aliphatic carbocycles. The van der Waals surface area contributed by atoms with Crippen LogP contribution in [0.4, 0.5) is 5.82 Å². The van der Waals surface area contributed by atoms with E-state index in [0.29, 0.717) is 0 Å². The number of Topliss-reactive ketones (excluding diaryl/α,β-unsaturated/α-hetero) is 2. The molecular formula is C23H27ClN4O7. The molecule has 1 aromatic heterocycles. The number of primary amides is 1. The molecule has 0 unspecified atom stereocenters. The maximum absolute atomic E-state index is 13.6. The summed E-state index contributed by atoms with van der Waals surface area (Å²) in [5.74, 6) is -7.22. The highest BCUT2D eigenvalue weighted by Crippen LogP contribution is 2.53. The molecule has 7 N–H and O–H groups in total. The Hall–Kier alpha value is -3.15. The molecule has 0 bridgehead atoms. The number of aliphatic hydroxyl groups excluding tert-OH is 2. The van der Waals surface area contributed by atoms with Gasteiger partial charge in [-0.3, -0.25) is 19.3 Å². The molecule has 11 nitrogen and oxygen atoms in total. The first kappa shape index (κ1) is 25.0. The van der Waals surface area contributed by atoms with Crippen LogP contribution in [0, 0.1) is 11.8 Å². The fourth-order valence-corrected chi connectivity index (χ4v) is 5.79. The summed E-state index contributed by atoms with van der Waals surface area (Å²) in [7, 11) is 3.13. The van der Waals surface area contributed by atoms with E-state index in [1.54, 1.807) is 27.9 Å². The Morgan fingerprint density at radius 1 is 1.26 bits per heavy atom. The maximum atomic E-state index is 13.6. The Balaban J connectivity index is 1.95. The number of hydrogen-bond acceptors (Lipinski definition) is 10. The number of pyridine rings is 1. The van der Waals surface area contributed by atoms with Crippen molar-refractivity contribution in [1.82, 2.24) is 9.88 Å². The number of rotatable bonds is 4. The fourth-order valence-electron chi connectivity index (χ4n) is 5.54. The van der Waals surface area contributed by atoms with Crippen LogP contribution in [0.3, 0.4) is 0 Å². The number of aromatic nitrogens is 1. The van der Waals surface area contributed by atoms with Gasteiger partial charge in [0, 0.05) is 23.1 Å². The standard InChI is InChI=1S/C23H27ClN4O7/c1-7(2)26-22-17(31)12-9(20(24)27-22)5-8-6-10-14(28(3)4)16(30)13(21(25)34)19(33)23(10,35)18(32)11(8)15(12)29/h7-8,10,14,30-32,35H,5-6H2,1-4H3,(H2,25,34)(H,26,27)/t8-,10-,14-,23-/m0/s1. The number of likely N-dealkylation sites (N-methyl/N-ethyl adjacent to an activating group) is 1. The van der Waals surface area contributed by atoms with Gasteiger partial charge in [-0.15, -0.1) is 0 Å². The van der Waals surface area contributed by atoms with Crippen LogP contribution in [0.25, 0.3) is 0 Å². The lowest BCUT2D eigenvalue weighted by atomic mass is 9.58. The minimum atomic E-state index is -2.68. The highest BCUT2D eigenvalue weighted by atomic mass is 35.5. The monoisotopic (exact) mass is 506 g/mol. The van der Waals surface area contributed by atoms with Crippen LogP contribution in [0.1, 0.15) is 36.2 Å². The lowest BCUT2D eigenvalue weighted by Crippen LogP contribution is -2.63. The number of carbonyl (C=O) groups is 3. The normalized spacial score (nSPS) is 28.3. The van der Waals surface area contributed by atoms with Crippen molar-refractivity contribution in [3.8, 4) is 5.75 Å². The van der Waals surface area contributed by atoms with Gasteiger partial charge in [-0.2, -0.15) is 0 Å². The SMILES string of the molecule is CC(C)Nc1nc(Cl)c2c(c1O)C(=O)C1=C(O)[C@]3(O)C(=O)C(C(N)=O)=C(O)[C@@H](N(C)C)[C@@H]3C[C@@H]1C2. The number of nitrogens with one attached hydrogen (secondary N) is 1. The molecule has 0 spiro atoms. The zero-order chi connectivity index (χ0) is 26.1. The minimum Gasteiger partial charge on any atom is -0.510 e. The Morgan fingerprint density at radius 2 is 1.89 bits per heavy atom. The van der Waals surface area contributed by atoms with Crippen LogP contribution in [-0.2, 0) is 16.0 Å². The first-order chi connectivity index (χ1) is 16.2. The molecule has 0 saturated carbocycles. The number of halogens is 1. The molecule has 4 rings (SSSR count). The molecule has 1 aromatic rings. The molecule has 0 radical (unpaired) electrons. The number of carbonyl (C=O) groups excluding carboxylic acids is 3. The van der Waals surface area contributed by atoms with E-state index in [2.05, 4.69) is 10.3 Å². The highest BCUT2D eigenvalue weighted by Gasteiger charge is 2.63. The second-order valence-electron chi connectivity index (χ2n) is 9.72. The summed E-state index contributed by atoms with van der Waals surface area (Å²) >= 11 is 6.38. The second kappa shape index (κ2) is 8.21. The van der Waals surface area contributed by atoms with Crippen molar-refractivity contribution in [1.29, 1.82) is 0 Å². The molecule has 35 heavy (non-hydrogen) atoms. The minimum absolute atomic E-state index is 0.00341. The van der Waals surface area contributed by atoms with E-state index in [1.165, 1.54) is 4.90 Å². The van der Waals surface area contributed by atoms with Crippen molar-refractivity contribution < 1.29 is 34.8 Å². The van der Waals surface area contributed by atoms with Gasteiger partial charge in [0.25, 0.3) is 5.91 Å². The van der Waals surface area contributed by atoms with Crippen molar-refractivity contribution in [2.24, 2.45) is 17.6 Å². The average Bonchev–Trinajstić information content (AvgIpc) is 2.73. The summed E-state index contributed by atoms with van der Waals surface area (Å²) in [5.41, 5.74) is 1.62. The predicted octanol–water partition coefficient (Wildman–Crippen LogP) is 0.989. The van der Waals surface area contributed by atoms with E-state index in [1.807, 2.05) is 0 Å². The largest absolute Gasteiger partial charge is 0.510 e. The topological polar surface area (TPSA) is 186 Å². The first-order valence-corrected chi connectivity index (χ1v) is 11.4. The summed E-state index contributed by atoms with van der Waals surface area (Å²) in [6, 6.07) is -1.20. The zero-order valence-corrected chi connectivity index (χ0v) is 20.3. The fraction of sp³-hybridized carbons (Fsp3) is 0.478. The molecule has 3 aliphatic rings. The molecule has 4 atom stereocenters. The van der Waals surface area contributed by atoms with Gasteiger partial charge >= 0.3 is 0 Å². The zero-order valence-electron chi connectivity index (χ0n) is 19.6. The first-order valence-electron chi connectivity index (χ1n) is 11.1. The third-order valence-electron chi connectivity index (χ3n) is 6.96. The highest BCUT2D eigenvalue weighted by molar-refractivity contribution is 6.32. The number of fused-ring (bicyclic) bond motifs is 3. The van der Waals surface area contributed by atoms with Crippen molar-refractivity contribution in [2.45, 2.75) is 44.4 Å². The lowest BCUT2D eigenvalue weighted by molar-refractivity contribution is -0.148. The quantitative estimate of drug-likeness (QED) is 0.254. The van der Waals surface area contributed by atoms with Crippen LogP contribution < -0.4 is 11.1 Å². The molecule has 1 amide bonds. The van der Waals surface area contributed by atoms with E-state index >= 15 is 0 Å². The van der Waals surface area contributed by atoms with Gasteiger partial charge in [-0.05, 0) is 46.7 Å². The van der Waals surface area contributed by atoms with E-state index < -0.39 is 63.8 Å². The molecule has 12 heteroatoms. The van der Waals surface area contributed by atoms with E-state index in [-0.39, 0.29) is 46.6 Å². The van der Waals surface area contributed by atoms with Crippen LogP contribution in [-0.4, -0.2) is 79.6 Å². The summed E-state index contributed by atoms with van der Waals surface area (Å²) in [6.07, 6.45) is 0.0603. The number of ketones is 2. The molecule has 188 valence electrons. The van der Waals surface area contributed by atoms with Gasteiger partial charge in [0.05, 0.1) is 11.6 Å². The summed E-state index contributed by atoms with van der Waals surface area (Å²) in [5, 5.41) is 47.3. The Bertz CT molecular complexity index is 1240. The third kappa shape index (κ3) is 3.40. The molecular weight excluding hydrogens is 480 g/mol. The molecule has 0 aliphatic heterocycles. The van der Waals surface area contributed by atoms with Crippen molar-refractivity contribution in [3.63, 3.8) is 0 Å². The smallest absolute Gasteiger partial charge is 0.255 e. The van der Waals surface area contributed by atoms with Crippen LogP contribution >= 0.6 is 11.6 Å². The number of nitrogens with two attached hydrogens (primary N) is 1. The number of hydrogen-bond donors (Lipinski definition) is 6. The van der Waals surface area contributed by atoms with Gasteiger partial charge in [-0.1, -0.05) is 11.6 Å². The predicted molar refractivity (Wildman–Crippen MR) is 125 cm³/mol. The number of anilines is 1. The van der Waals surface area contributed by atoms with Crippen LogP contribution in [0.2, 0.25) is 5.15 Å². The van der Waals surface area contributed by atoms with Crippen LogP contribution in [0.5, 0.6) is 5.75 Å². The van der Waals surface area contributed by atoms with E-state index in [4.69, 9.17) is 17.3 Å². The number of allylic oxidation sites excluding steroid dienone is 1. The Labute approximate surface area is 205 Å². The van der Waals surface area contributed by atoms with E-state index in [0.717, 1.165) is 0 Å². The maximum Gasteiger partial charge on any atom is 0.255 e. The molecule has 0 fully saturated rings. The van der Waals surface area contributed by atoms with Gasteiger partial charge in [-0.25, -0.2) is 4.98 Å². The summed E-state index contributed by atoms with van der Waals surface area (Å²) < 4.78 is 0. The van der Waals surface area contributed by atoms with Crippen molar-refractivity contribution in [3.05, 3.63) is 38.9 Å². The van der Waals surface area contributed by atoms with Crippen molar-refractivity contribution >= 4 is 34.9 Å². The Morgan fingerprint density at radius 3 is 2.43 bits per heavy atom. The third-order valence-corrected chi connectivity index (χ3v) is 7.27. The average molecular weight is 507 g/mol. The Kier molecular flexibility index (Phi) is 5.86. The number of aliphatic hydroxyl groups is 3.